The number of nitrogens with one attached hydrogen (secondary N) is 3. The Labute approximate surface area is 177 Å². The summed E-state index contributed by atoms with van der Waals surface area (Å²) in [6.45, 7) is 5.58. The Bertz CT molecular complexity index is 1220. The van der Waals surface area contributed by atoms with Crippen LogP contribution in [0.3, 0.4) is 0 Å². The summed E-state index contributed by atoms with van der Waals surface area (Å²) in [5, 5.41) is 6.46. The van der Waals surface area contributed by atoms with E-state index in [9.17, 15) is 14.0 Å². The second-order valence-corrected chi connectivity index (χ2v) is 8.42. The van der Waals surface area contributed by atoms with Gasteiger partial charge in [-0.1, -0.05) is 23.7 Å². The topological polar surface area (TPSA) is 83.2 Å². The van der Waals surface area contributed by atoms with E-state index in [1.165, 1.54) is 12.1 Å². The van der Waals surface area contributed by atoms with Gasteiger partial charge in [-0.25, -0.2) is 9.18 Å². The first-order chi connectivity index (χ1) is 14.1. The van der Waals surface area contributed by atoms with Crippen molar-refractivity contribution in [3.63, 3.8) is 0 Å². The van der Waals surface area contributed by atoms with Crippen LogP contribution in [0.4, 0.5) is 14.9 Å². The molecule has 1 aromatic heterocycles. The molecule has 0 aliphatic carbocycles. The van der Waals surface area contributed by atoms with Gasteiger partial charge < -0.3 is 20.4 Å². The SMILES string of the molecule is Cc1ccc2[nH]c(=O)ccc2c1NC(=O)N[C@@H]1CC(C)(C)Oc2c1ccc(F)c2Cl. The van der Waals surface area contributed by atoms with E-state index in [1.54, 1.807) is 18.2 Å². The van der Waals surface area contributed by atoms with Crippen LogP contribution in [0.25, 0.3) is 10.9 Å². The number of urea groups is 1. The zero-order valence-corrected chi connectivity index (χ0v) is 17.5. The molecule has 2 heterocycles. The molecule has 2 amide bonds. The normalized spacial score (nSPS) is 17.2. The van der Waals surface area contributed by atoms with E-state index >= 15 is 0 Å². The van der Waals surface area contributed by atoms with E-state index in [0.29, 0.717) is 23.2 Å². The van der Waals surface area contributed by atoms with Crippen molar-refractivity contribution < 1.29 is 13.9 Å². The number of anilines is 1. The molecule has 0 radical (unpaired) electrons. The molecule has 6 nitrogen and oxygen atoms in total. The minimum Gasteiger partial charge on any atom is -0.486 e. The standard InChI is InChI=1S/C22H21ClFN3O3/c1-11-4-8-15-12(6-9-17(28)25-15)19(11)27-21(29)26-16-10-22(2,3)30-20-13(16)5-7-14(24)18(20)23/h4-9,16H,10H2,1-3H3,(H,25,28)(H2,26,27,29)/t16-/m1/s1. The molecule has 3 N–H and O–H groups in total. The Morgan fingerprint density at radius 2 is 2.00 bits per heavy atom. The van der Waals surface area contributed by atoms with Crippen LogP contribution in [0.2, 0.25) is 5.02 Å². The number of aryl methyl sites for hydroxylation is 1. The van der Waals surface area contributed by atoms with Crippen LogP contribution in [0.5, 0.6) is 5.75 Å². The van der Waals surface area contributed by atoms with E-state index < -0.39 is 23.5 Å². The lowest BCUT2D eigenvalue weighted by Gasteiger charge is -2.38. The number of ether oxygens (including phenoxy) is 1. The summed E-state index contributed by atoms with van der Waals surface area (Å²) in [6, 6.07) is 8.70. The van der Waals surface area contributed by atoms with Gasteiger partial charge in [0.15, 0.2) is 0 Å². The minimum absolute atomic E-state index is 0.0960. The van der Waals surface area contributed by atoms with Gasteiger partial charge in [0.1, 0.15) is 22.2 Å². The molecule has 0 unspecified atom stereocenters. The van der Waals surface area contributed by atoms with E-state index in [4.69, 9.17) is 16.3 Å². The molecular formula is C22H21ClFN3O3. The third kappa shape index (κ3) is 3.73. The number of hydrogen-bond donors (Lipinski definition) is 3. The van der Waals surface area contributed by atoms with Crippen molar-refractivity contribution in [2.45, 2.75) is 38.8 Å². The second kappa shape index (κ2) is 7.32. The number of aromatic amines is 1. The number of carbonyl (C=O) groups is 1. The molecule has 0 saturated heterocycles. The van der Waals surface area contributed by atoms with Gasteiger partial charge in [0, 0.05) is 23.4 Å². The van der Waals surface area contributed by atoms with Crippen molar-refractivity contribution >= 4 is 34.2 Å². The van der Waals surface area contributed by atoms with Crippen LogP contribution >= 0.6 is 11.6 Å². The van der Waals surface area contributed by atoms with E-state index in [2.05, 4.69) is 15.6 Å². The summed E-state index contributed by atoms with van der Waals surface area (Å²) in [5.41, 5.74) is 1.84. The summed E-state index contributed by atoms with van der Waals surface area (Å²) in [6.07, 6.45) is 0.483. The number of pyridine rings is 1. The van der Waals surface area contributed by atoms with E-state index in [1.807, 2.05) is 26.8 Å². The third-order valence-corrected chi connectivity index (χ3v) is 5.54. The molecule has 4 rings (SSSR count). The highest BCUT2D eigenvalue weighted by atomic mass is 35.5. The molecule has 1 aliphatic heterocycles. The first-order valence-corrected chi connectivity index (χ1v) is 9.89. The molecule has 0 fully saturated rings. The highest BCUT2D eigenvalue weighted by molar-refractivity contribution is 6.32. The second-order valence-electron chi connectivity index (χ2n) is 8.04. The molecule has 1 aliphatic rings. The Hall–Kier alpha value is -3.06. The lowest BCUT2D eigenvalue weighted by Crippen LogP contribution is -2.42. The summed E-state index contributed by atoms with van der Waals surface area (Å²) < 4.78 is 19.8. The smallest absolute Gasteiger partial charge is 0.319 e. The highest BCUT2D eigenvalue weighted by Crippen LogP contribution is 2.44. The van der Waals surface area contributed by atoms with Gasteiger partial charge in [-0.2, -0.15) is 0 Å². The Morgan fingerprint density at radius 3 is 2.77 bits per heavy atom. The molecule has 0 saturated carbocycles. The monoisotopic (exact) mass is 429 g/mol. The third-order valence-electron chi connectivity index (χ3n) is 5.19. The first kappa shape index (κ1) is 20.2. The lowest BCUT2D eigenvalue weighted by molar-refractivity contribution is 0.0679. The van der Waals surface area contributed by atoms with Gasteiger partial charge in [0.05, 0.1) is 17.2 Å². The number of aromatic nitrogens is 1. The fourth-order valence-electron chi connectivity index (χ4n) is 3.79. The van der Waals surface area contributed by atoms with Crippen LogP contribution in [-0.2, 0) is 0 Å². The molecule has 3 aromatic rings. The van der Waals surface area contributed by atoms with Gasteiger partial charge in [0.25, 0.3) is 0 Å². The average Bonchev–Trinajstić information content (AvgIpc) is 2.66. The van der Waals surface area contributed by atoms with Gasteiger partial charge in [-0.05, 0) is 44.5 Å². The zero-order valence-electron chi connectivity index (χ0n) is 16.7. The van der Waals surface area contributed by atoms with Crippen molar-refractivity contribution in [3.8, 4) is 5.75 Å². The maximum atomic E-state index is 13.9. The van der Waals surface area contributed by atoms with Crippen LogP contribution < -0.4 is 20.9 Å². The van der Waals surface area contributed by atoms with Crippen LogP contribution in [0.15, 0.2) is 41.2 Å². The predicted octanol–water partition coefficient (Wildman–Crippen LogP) is 5.05. The Balaban J connectivity index is 1.64. The van der Waals surface area contributed by atoms with Crippen molar-refractivity contribution in [1.29, 1.82) is 0 Å². The van der Waals surface area contributed by atoms with Crippen molar-refractivity contribution in [2.24, 2.45) is 0 Å². The number of benzene rings is 2. The number of H-pyrrole nitrogens is 1. The average molecular weight is 430 g/mol. The quantitative estimate of drug-likeness (QED) is 0.532. The van der Waals surface area contributed by atoms with Gasteiger partial charge >= 0.3 is 6.03 Å². The molecule has 0 spiro atoms. The van der Waals surface area contributed by atoms with E-state index in [0.717, 1.165) is 10.9 Å². The van der Waals surface area contributed by atoms with Crippen LogP contribution in [0, 0.1) is 12.7 Å². The van der Waals surface area contributed by atoms with Gasteiger partial charge in [0.2, 0.25) is 5.56 Å². The fraction of sp³-hybridized carbons (Fsp3) is 0.273. The predicted molar refractivity (Wildman–Crippen MR) is 115 cm³/mol. The molecule has 30 heavy (non-hydrogen) atoms. The molecule has 2 aromatic carbocycles. The Kier molecular flexibility index (Phi) is 4.94. The number of halogens is 2. The van der Waals surface area contributed by atoms with Crippen LogP contribution in [-0.4, -0.2) is 16.6 Å². The molecule has 1 atom stereocenters. The van der Waals surface area contributed by atoms with Crippen molar-refractivity contribution in [1.82, 2.24) is 10.3 Å². The van der Waals surface area contributed by atoms with E-state index in [-0.39, 0.29) is 16.3 Å². The number of rotatable bonds is 2. The summed E-state index contributed by atoms with van der Waals surface area (Å²) >= 11 is 6.11. The minimum atomic E-state index is -0.642. The number of fused-ring (bicyclic) bond motifs is 2. The first-order valence-electron chi connectivity index (χ1n) is 9.52. The van der Waals surface area contributed by atoms with Crippen molar-refractivity contribution in [2.75, 3.05) is 5.32 Å². The Morgan fingerprint density at radius 1 is 1.23 bits per heavy atom. The van der Waals surface area contributed by atoms with Crippen molar-refractivity contribution in [3.05, 3.63) is 68.7 Å². The van der Waals surface area contributed by atoms with Gasteiger partial charge in [-0.15, -0.1) is 0 Å². The van der Waals surface area contributed by atoms with Crippen LogP contribution in [0.1, 0.15) is 37.4 Å². The summed E-state index contributed by atoms with van der Waals surface area (Å²) in [4.78, 5) is 27.2. The maximum absolute atomic E-state index is 13.9. The molecule has 0 bridgehead atoms. The summed E-state index contributed by atoms with van der Waals surface area (Å²) in [5.74, 6) is -0.325. The molecule has 8 heteroatoms. The molecular weight excluding hydrogens is 409 g/mol. The highest BCUT2D eigenvalue weighted by Gasteiger charge is 2.36. The number of carbonyl (C=O) groups excluding carboxylic acids is 1. The lowest BCUT2D eigenvalue weighted by atomic mass is 9.89. The molecule has 156 valence electrons. The zero-order chi connectivity index (χ0) is 21.6. The largest absolute Gasteiger partial charge is 0.486 e. The fourth-order valence-corrected chi connectivity index (χ4v) is 4.00. The summed E-state index contributed by atoms with van der Waals surface area (Å²) in [7, 11) is 0. The van der Waals surface area contributed by atoms with Gasteiger partial charge in [-0.3, -0.25) is 4.79 Å². The number of amides is 2. The maximum Gasteiger partial charge on any atom is 0.319 e. The number of hydrogen-bond acceptors (Lipinski definition) is 3.